The minimum atomic E-state index is -0.783. The van der Waals surface area contributed by atoms with Crippen LogP contribution in [-0.2, 0) is 4.74 Å². The Morgan fingerprint density at radius 1 is 1.60 bits per heavy atom. The summed E-state index contributed by atoms with van der Waals surface area (Å²) in [6.45, 7) is 2.82. The number of halogens is 2. The van der Waals surface area contributed by atoms with Gasteiger partial charge in [-0.3, -0.25) is 4.90 Å². The number of aliphatic hydroxyl groups is 1. The molecular weight excluding hydrogens is 391 g/mol. The van der Waals surface area contributed by atoms with E-state index in [2.05, 4.69) is 40.6 Å². The first-order chi connectivity index (χ1) is 9.57. The van der Waals surface area contributed by atoms with Crippen molar-refractivity contribution in [2.45, 2.75) is 19.3 Å². The maximum atomic E-state index is 9.90. The molecule has 2 saturated heterocycles. The summed E-state index contributed by atoms with van der Waals surface area (Å²) < 4.78 is 6.08. The zero-order chi connectivity index (χ0) is 14.8. The van der Waals surface area contributed by atoms with Crippen LogP contribution in [0.3, 0.4) is 0 Å². The Balaban J connectivity index is 2.20. The Hall–Kier alpha value is 0.440. The lowest BCUT2D eigenvalue weighted by molar-refractivity contribution is -0.172. The quantitative estimate of drug-likeness (QED) is 0.425. The molecule has 3 atom stereocenters. The molecule has 3 unspecified atom stereocenters. The van der Waals surface area contributed by atoms with Crippen LogP contribution >= 0.6 is 34.2 Å². The molecule has 2 fully saturated rings. The summed E-state index contributed by atoms with van der Waals surface area (Å²) in [6.07, 6.45) is 3.64. The summed E-state index contributed by atoms with van der Waals surface area (Å²) in [5.74, 6) is 1.18. The molecular formula is C14H24ClIN2O2. The van der Waals surface area contributed by atoms with Gasteiger partial charge in [0.25, 0.3) is 0 Å². The van der Waals surface area contributed by atoms with Gasteiger partial charge in [0.15, 0.2) is 0 Å². The van der Waals surface area contributed by atoms with E-state index in [4.69, 9.17) is 16.3 Å². The Kier molecular flexibility index (Phi) is 5.99. The van der Waals surface area contributed by atoms with Crippen molar-refractivity contribution < 1.29 is 9.84 Å². The van der Waals surface area contributed by atoms with Gasteiger partial charge in [-0.2, -0.15) is 0 Å². The van der Waals surface area contributed by atoms with Crippen molar-refractivity contribution in [2.24, 2.45) is 11.3 Å². The number of nitrogens with zero attached hydrogens (tertiary/aromatic N) is 2. The van der Waals surface area contributed by atoms with Gasteiger partial charge in [0.2, 0.25) is 6.41 Å². The van der Waals surface area contributed by atoms with E-state index < -0.39 is 6.41 Å². The highest BCUT2D eigenvalue weighted by molar-refractivity contribution is 14.1. The third-order valence-corrected chi connectivity index (χ3v) is 5.37. The highest BCUT2D eigenvalue weighted by Gasteiger charge is 2.52. The van der Waals surface area contributed by atoms with Gasteiger partial charge in [0, 0.05) is 61.1 Å². The van der Waals surface area contributed by atoms with Crippen molar-refractivity contribution in [3.63, 3.8) is 0 Å². The fraction of sp³-hybridized carbons (Fsp3) is 0.857. The minimum absolute atomic E-state index is 0.209. The summed E-state index contributed by atoms with van der Waals surface area (Å²) in [6, 6.07) is 0. The van der Waals surface area contributed by atoms with Crippen LogP contribution in [0.4, 0.5) is 0 Å². The summed E-state index contributed by atoms with van der Waals surface area (Å²) in [4.78, 5) is 4.40. The van der Waals surface area contributed by atoms with Gasteiger partial charge in [-0.1, -0.05) is 28.7 Å². The van der Waals surface area contributed by atoms with Crippen LogP contribution in [-0.4, -0.2) is 65.4 Å². The van der Waals surface area contributed by atoms with E-state index in [1.54, 1.807) is 7.11 Å². The standard InChI is InChI=1S/C14H24ClIN2O2/c1-17-9-14(5-8-18(10-14)13(19)20-2)11(3-6-15)12(17)4-7-16/h4,11,13,19H,3,5-10H2,1-2H3/b12-4+. The molecule has 2 aliphatic rings. The van der Waals surface area contributed by atoms with Gasteiger partial charge < -0.3 is 14.7 Å². The second-order valence-corrected chi connectivity index (χ2v) is 7.07. The van der Waals surface area contributed by atoms with E-state index in [1.165, 1.54) is 5.70 Å². The topological polar surface area (TPSA) is 35.9 Å². The molecule has 2 heterocycles. The van der Waals surface area contributed by atoms with Crippen molar-refractivity contribution >= 4 is 34.2 Å². The summed E-state index contributed by atoms with van der Waals surface area (Å²) in [5.41, 5.74) is 1.63. The Morgan fingerprint density at radius 3 is 2.95 bits per heavy atom. The van der Waals surface area contributed by atoms with E-state index in [-0.39, 0.29) is 5.41 Å². The molecule has 0 aromatic carbocycles. The summed E-state index contributed by atoms with van der Waals surface area (Å²) in [5, 5.41) is 9.90. The van der Waals surface area contributed by atoms with E-state index in [0.29, 0.717) is 11.8 Å². The van der Waals surface area contributed by atoms with Crippen LogP contribution in [0, 0.1) is 11.3 Å². The van der Waals surface area contributed by atoms with E-state index >= 15 is 0 Å². The average molecular weight is 415 g/mol. The number of hydrogen-bond acceptors (Lipinski definition) is 4. The maximum Gasteiger partial charge on any atom is 0.215 e. The lowest BCUT2D eigenvalue weighted by atomic mass is 9.75. The van der Waals surface area contributed by atoms with Gasteiger partial charge in [-0.05, 0) is 12.8 Å². The van der Waals surface area contributed by atoms with Gasteiger partial charge in [0.05, 0.1) is 0 Å². The van der Waals surface area contributed by atoms with Gasteiger partial charge in [0.1, 0.15) is 0 Å². The molecule has 0 bridgehead atoms. The molecule has 1 spiro atoms. The predicted molar refractivity (Wildman–Crippen MR) is 90.1 cm³/mol. The minimum Gasteiger partial charge on any atom is -0.377 e. The van der Waals surface area contributed by atoms with Crippen molar-refractivity contribution in [1.29, 1.82) is 0 Å². The number of hydrogen-bond donors (Lipinski definition) is 1. The number of methoxy groups -OCH3 is 1. The molecule has 0 amide bonds. The number of alkyl halides is 2. The number of likely N-dealkylation sites (tertiary alicyclic amines) is 2. The molecule has 20 heavy (non-hydrogen) atoms. The van der Waals surface area contributed by atoms with E-state index in [9.17, 15) is 5.11 Å². The molecule has 0 aromatic rings. The first-order valence-electron chi connectivity index (χ1n) is 7.06. The first-order valence-corrected chi connectivity index (χ1v) is 9.12. The molecule has 6 heteroatoms. The maximum absolute atomic E-state index is 9.90. The van der Waals surface area contributed by atoms with Gasteiger partial charge in [-0.15, -0.1) is 11.6 Å². The summed E-state index contributed by atoms with van der Waals surface area (Å²) in [7, 11) is 3.72. The largest absolute Gasteiger partial charge is 0.377 e. The monoisotopic (exact) mass is 414 g/mol. The van der Waals surface area contributed by atoms with Crippen molar-refractivity contribution in [3.8, 4) is 0 Å². The SMILES string of the molecule is COC(O)N1CCC2(CN(C)/C(=C/CI)C2CCCl)C1. The molecule has 1 N–H and O–H groups in total. The zero-order valence-electron chi connectivity index (χ0n) is 12.2. The van der Waals surface area contributed by atoms with Crippen LogP contribution in [0.25, 0.3) is 0 Å². The number of allylic oxidation sites excluding steroid dienone is 2. The zero-order valence-corrected chi connectivity index (χ0v) is 15.1. The fourth-order valence-corrected chi connectivity index (χ4v) is 4.54. The molecule has 4 nitrogen and oxygen atoms in total. The molecule has 2 rings (SSSR count). The Labute approximate surface area is 140 Å². The van der Waals surface area contributed by atoms with Crippen LogP contribution < -0.4 is 0 Å². The molecule has 0 radical (unpaired) electrons. The Bertz CT molecular complexity index is 369. The second-order valence-electron chi connectivity index (χ2n) is 5.81. The normalized spacial score (nSPS) is 34.5. The highest BCUT2D eigenvalue weighted by atomic mass is 127. The number of rotatable bonds is 5. The number of aliphatic hydroxyl groups excluding tert-OH is 1. The molecule has 0 aliphatic carbocycles. The van der Waals surface area contributed by atoms with E-state index in [1.807, 2.05) is 4.90 Å². The van der Waals surface area contributed by atoms with Gasteiger partial charge >= 0.3 is 0 Å². The fourth-order valence-electron chi connectivity index (χ4n) is 3.87. The number of ether oxygens (including phenoxy) is 1. The molecule has 0 aromatic heterocycles. The van der Waals surface area contributed by atoms with Crippen LogP contribution in [0.1, 0.15) is 12.8 Å². The summed E-state index contributed by atoms with van der Waals surface area (Å²) >= 11 is 8.44. The average Bonchev–Trinajstić information content (AvgIpc) is 2.96. The molecule has 116 valence electrons. The second kappa shape index (κ2) is 7.13. The van der Waals surface area contributed by atoms with Crippen molar-refractivity contribution in [2.75, 3.05) is 44.1 Å². The van der Waals surface area contributed by atoms with E-state index in [0.717, 1.165) is 36.9 Å². The molecule has 2 aliphatic heterocycles. The third kappa shape index (κ3) is 3.11. The van der Waals surface area contributed by atoms with Crippen LogP contribution in [0.15, 0.2) is 11.8 Å². The highest BCUT2D eigenvalue weighted by Crippen LogP contribution is 2.50. The third-order valence-electron chi connectivity index (χ3n) is 4.71. The smallest absolute Gasteiger partial charge is 0.215 e. The van der Waals surface area contributed by atoms with Crippen LogP contribution in [0.2, 0.25) is 0 Å². The lowest BCUT2D eigenvalue weighted by Crippen LogP contribution is -2.39. The first kappa shape index (κ1) is 16.8. The lowest BCUT2D eigenvalue weighted by Gasteiger charge is -2.31. The molecule has 0 saturated carbocycles. The Morgan fingerprint density at radius 2 is 2.35 bits per heavy atom. The van der Waals surface area contributed by atoms with Crippen molar-refractivity contribution in [1.82, 2.24) is 9.80 Å². The van der Waals surface area contributed by atoms with Gasteiger partial charge in [-0.25, -0.2) is 0 Å². The predicted octanol–water partition coefficient (Wildman–Crippen LogP) is 2.11. The van der Waals surface area contributed by atoms with Crippen LogP contribution in [0.5, 0.6) is 0 Å². The van der Waals surface area contributed by atoms with Crippen molar-refractivity contribution in [3.05, 3.63) is 11.8 Å².